The van der Waals surface area contributed by atoms with Gasteiger partial charge in [-0.15, -0.1) is 23.4 Å². The Morgan fingerprint density at radius 2 is 1.80 bits per heavy atom. The van der Waals surface area contributed by atoms with Crippen LogP contribution in [0.4, 0.5) is 18.9 Å². The van der Waals surface area contributed by atoms with Crippen LogP contribution in [0.15, 0.2) is 53.7 Å². The second-order valence-electron chi connectivity index (χ2n) is 5.97. The van der Waals surface area contributed by atoms with E-state index < -0.39 is 6.36 Å². The molecule has 6 nitrogen and oxygen atoms in total. The predicted molar refractivity (Wildman–Crippen MR) is 109 cm³/mol. The van der Waals surface area contributed by atoms with Crippen molar-refractivity contribution in [2.45, 2.75) is 25.0 Å². The summed E-state index contributed by atoms with van der Waals surface area (Å²) in [6.07, 6.45) is -4.76. The van der Waals surface area contributed by atoms with Crippen molar-refractivity contribution in [2.24, 2.45) is 0 Å². The van der Waals surface area contributed by atoms with Gasteiger partial charge in [0.1, 0.15) is 5.75 Å². The van der Waals surface area contributed by atoms with Crippen LogP contribution in [0, 0.1) is 0 Å². The number of nitrogens with one attached hydrogen (secondary N) is 1. The average molecular weight is 457 g/mol. The summed E-state index contributed by atoms with van der Waals surface area (Å²) in [6, 6.07) is 12.1. The van der Waals surface area contributed by atoms with E-state index in [0.717, 1.165) is 17.7 Å². The lowest BCUT2D eigenvalue weighted by Crippen LogP contribution is -2.17. The molecule has 0 bridgehead atoms. The fourth-order valence-corrected chi connectivity index (χ4v) is 3.49. The zero-order chi connectivity index (χ0) is 21.7. The maximum absolute atomic E-state index is 12.2. The third kappa shape index (κ3) is 5.90. The molecule has 0 saturated carbocycles. The molecular formula is C19H16ClF3N4O2S. The summed E-state index contributed by atoms with van der Waals surface area (Å²) < 4.78 is 42.2. The number of carbonyl (C=O) groups excluding carboxylic acids is 1. The molecule has 11 heteroatoms. The van der Waals surface area contributed by atoms with Gasteiger partial charge in [-0.2, -0.15) is 0 Å². The average Bonchev–Trinajstić information content (AvgIpc) is 3.10. The first-order valence-electron chi connectivity index (χ1n) is 8.73. The molecular weight excluding hydrogens is 441 g/mol. The number of carbonyl (C=O) groups is 1. The van der Waals surface area contributed by atoms with Gasteiger partial charge >= 0.3 is 6.36 Å². The maximum Gasteiger partial charge on any atom is 0.573 e. The van der Waals surface area contributed by atoms with E-state index in [0.29, 0.717) is 28.2 Å². The number of benzene rings is 2. The van der Waals surface area contributed by atoms with E-state index in [1.54, 1.807) is 12.1 Å². The molecule has 0 unspecified atom stereocenters. The van der Waals surface area contributed by atoms with Crippen molar-refractivity contribution in [1.29, 1.82) is 0 Å². The first-order valence-corrected chi connectivity index (χ1v) is 10.1. The van der Waals surface area contributed by atoms with Gasteiger partial charge in [-0.1, -0.05) is 23.4 Å². The Kier molecular flexibility index (Phi) is 6.88. The van der Waals surface area contributed by atoms with Gasteiger partial charge in [0.2, 0.25) is 5.91 Å². The summed E-state index contributed by atoms with van der Waals surface area (Å²) >= 11 is 7.12. The number of aromatic nitrogens is 3. The highest BCUT2D eigenvalue weighted by Gasteiger charge is 2.31. The molecule has 0 radical (unpaired) electrons. The molecule has 158 valence electrons. The molecule has 0 aliphatic carbocycles. The Hall–Kier alpha value is -2.72. The van der Waals surface area contributed by atoms with Crippen molar-refractivity contribution in [3.63, 3.8) is 0 Å². The molecule has 0 fully saturated rings. The Balaban J connectivity index is 1.60. The van der Waals surface area contributed by atoms with Gasteiger partial charge in [0.05, 0.1) is 5.75 Å². The number of amides is 1. The van der Waals surface area contributed by atoms with Crippen LogP contribution in [-0.4, -0.2) is 32.8 Å². The lowest BCUT2D eigenvalue weighted by molar-refractivity contribution is -0.274. The smallest absolute Gasteiger partial charge is 0.406 e. The summed E-state index contributed by atoms with van der Waals surface area (Å²) in [4.78, 5) is 12.2. The molecule has 1 N–H and O–H groups in total. The minimum absolute atomic E-state index is 0.0551. The fourth-order valence-electron chi connectivity index (χ4n) is 2.56. The van der Waals surface area contributed by atoms with E-state index in [4.69, 9.17) is 11.6 Å². The zero-order valence-corrected chi connectivity index (χ0v) is 17.2. The molecule has 0 aliphatic heterocycles. The molecule has 0 spiro atoms. The summed E-state index contributed by atoms with van der Waals surface area (Å²) in [5.74, 6) is 0.0284. The van der Waals surface area contributed by atoms with Crippen molar-refractivity contribution >= 4 is 35.0 Å². The van der Waals surface area contributed by atoms with Gasteiger partial charge in [0.25, 0.3) is 0 Å². The van der Waals surface area contributed by atoms with Crippen LogP contribution in [0.1, 0.15) is 6.92 Å². The second kappa shape index (κ2) is 9.40. The topological polar surface area (TPSA) is 69.0 Å². The normalized spacial score (nSPS) is 11.4. The van der Waals surface area contributed by atoms with Gasteiger partial charge in [-0.25, -0.2) is 0 Å². The van der Waals surface area contributed by atoms with Crippen LogP contribution in [0.3, 0.4) is 0 Å². The highest BCUT2D eigenvalue weighted by atomic mass is 35.5. The van der Waals surface area contributed by atoms with Crippen LogP contribution in [0.5, 0.6) is 5.75 Å². The number of anilines is 1. The molecule has 3 aromatic rings. The number of thioether (sulfide) groups is 1. The number of alkyl halides is 3. The number of ether oxygens (including phenoxy) is 1. The van der Waals surface area contributed by atoms with Gasteiger partial charge in [-0.05, 0) is 55.5 Å². The van der Waals surface area contributed by atoms with Crippen LogP contribution in [0.25, 0.3) is 11.4 Å². The first-order chi connectivity index (χ1) is 14.2. The molecule has 2 aromatic carbocycles. The van der Waals surface area contributed by atoms with E-state index in [1.807, 2.05) is 23.6 Å². The van der Waals surface area contributed by atoms with E-state index >= 15 is 0 Å². The molecule has 0 atom stereocenters. The van der Waals surface area contributed by atoms with Gasteiger partial charge < -0.3 is 14.6 Å². The summed E-state index contributed by atoms with van der Waals surface area (Å²) in [6.45, 7) is 2.55. The summed E-state index contributed by atoms with van der Waals surface area (Å²) in [7, 11) is 0. The quantitative estimate of drug-likeness (QED) is 0.492. The number of hydrogen-bond donors (Lipinski definition) is 1. The fraction of sp³-hybridized carbons (Fsp3) is 0.211. The lowest BCUT2D eigenvalue weighted by atomic mass is 10.2. The van der Waals surface area contributed by atoms with E-state index in [2.05, 4.69) is 20.3 Å². The molecule has 0 aliphatic rings. The van der Waals surface area contributed by atoms with Crippen molar-refractivity contribution in [2.75, 3.05) is 11.1 Å². The van der Waals surface area contributed by atoms with Crippen LogP contribution in [0.2, 0.25) is 5.02 Å². The second-order valence-corrected chi connectivity index (χ2v) is 7.35. The first kappa shape index (κ1) is 22.0. The largest absolute Gasteiger partial charge is 0.573 e. The van der Waals surface area contributed by atoms with Crippen LogP contribution >= 0.6 is 23.4 Å². The molecule has 1 heterocycles. The Morgan fingerprint density at radius 3 is 2.40 bits per heavy atom. The number of hydrogen-bond acceptors (Lipinski definition) is 5. The number of nitrogens with zero attached hydrogens (tertiary/aromatic N) is 3. The zero-order valence-electron chi connectivity index (χ0n) is 15.6. The highest BCUT2D eigenvalue weighted by molar-refractivity contribution is 7.99. The molecule has 1 amide bonds. The standard InChI is InChI=1S/C19H16ClF3N4O2S/c1-2-27-17(12-3-5-13(20)6-4-12)25-26-18(27)30-11-16(28)24-14-7-9-15(10-8-14)29-19(21,22)23/h3-10H,2,11H2,1H3,(H,24,28). The van der Waals surface area contributed by atoms with Crippen LogP contribution < -0.4 is 10.1 Å². The van der Waals surface area contributed by atoms with Crippen molar-refractivity contribution in [3.8, 4) is 17.1 Å². The minimum atomic E-state index is -4.76. The SMILES string of the molecule is CCn1c(SCC(=O)Nc2ccc(OC(F)(F)F)cc2)nnc1-c1ccc(Cl)cc1. The summed E-state index contributed by atoms with van der Waals surface area (Å²) in [5, 5.41) is 12.2. The van der Waals surface area contributed by atoms with Gasteiger partial charge in [0.15, 0.2) is 11.0 Å². The van der Waals surface area contributed by atoms with Crippen molar-refractivity contribution < 1.29 is 22.7 Å². The highest BCUT2D eigenvalue weighted by Crippen LogP contribution is 2.26. The maximum atomic E-state index is 12.2. The minimum Gasteiger partial charge on any atom is -0.406 e. The Labute approximate surface area is 179 Å². The summed E-state index contributed by atoms with van der Waals surface area (Å²) in [5.41, 5.74) is 1.21. The van der Waals surface area contributed by atoms with Crippen molar-refractivity contribution in [1.82, 2.24) is 14.8 Å². The van der Waals surface area contributed by atoms with Crippen LogP contribution in [-0.2, 0) is 11.3 Å². The number of halogens is 4. The van der Waals surface area contributed by atoms with Gasteiger partial charge in [-0.3, -0.25) is 4.79 Å². The Morgan fingerprint density at radius 1 is 1.13 bits per heavy atom. The molecule has 1 aromatic heterocycles. The monoisotopic (exact) mass is 456 g/mol. The lowest BCUT2D eigenvalue weighted by Gasteiger charge is -2.10. The molecule has 0 saturated heterocycles. The number of rotatable bonds is 7. The Bertz CT molecular complexity index is 1010. The van der Waals surface area contributed by atoms with Crippen molar-refractivity contribution in [3.05, 3.63) is 53.6 Å². The van der Waals surface area contributed by atoms with Gasteiger partial charge in [0, 0.05) is 22.8 Å². The molecule has 3 rings (SSSR count). The van der Waals surface area contributed by atoms with E-state index in [1.165, 1.54) is 23.9 Å². The predicted octanol–water partition coefficient (Wildman–Crippen LogP) is 5.25. The van der Waals surface area contributed by atoms with E-state index in [-0.39, 0.29) is 17.4 Å². The molecule has 30 heavy (non-hydrogen) atoms. The third-order valence-corrected chi connectivity index (χ3v) is 5.06. The third-order valence-electron chi connectivity index (χ3n) is 3.84. The van der Waals surface area contributed by atoms with E-state index in [9.17, 15) is 18.0 Å².